The minimum Gasteiger partial charge on any atom is -0.463 e. The van der Waals surface area contributed by atoms with Crippen molar-refractivity contribution >= 4 is 9.84 Å². The van der Waals surface area contributed by atoms with E-state index in [0.29, 0.717) is 5.76 Å². The maximum absolute atomic E-state index is 11.2. The van der Waals surface area contributed by atoms with E-state index in [1.165, 1.54) is 6.26 Å². The van der Waals surface area contributed by atoms with Crippen LogP contribution < -0.4 is 0 Å². The molecule has 0 unspecified atom stereocenters. The average molecular weight is 210 g/mol. The van der Waals surface area contributed by atoms with Crippen molar-refractivity contribution in [2.24, 2.45) is 0 Å². The highest BCUT2D eigenvalue weighted by Gasteiger charge is 2.15. The molecular formula is C10H10O3S. The summed E-state index contributed by atoms with van der Waals surface area (Å²) in [6, 6.07) is 0. The predicted octanol–water partition coefficient (Wildman–Crippen LogP) is 2.02. The van der Waals surface area contributed by atoms with Gasteiger partial charge in [0.1, 0.15) is 12.0 Å². The molecule has 0 atom stereocenters. The molecule has 2 aliphatic rings. The van der Waals surface area contributed by atoms with Gasteiger partial charge in [-0.3, -0.25) is 0 Å². The Morgan fingerprint density at radius 2 is 2.21 bits per heavy atom. The molecule has 0 aromatic carbocycles. The fraction of sp³-hybridized carbons (Fsp3) is 0.200. The van der Waals surface area contributed by atoms with Crippen LogP contribution in [0.2, 0.25) is 0 Å². The first-order chi connectivity index (χ1) is 6.67. The lowest BCUT2D eigenvalue weighted by Gasteiger charge is -2.14. The molecule has 0 amide bonds. The Hall–Kier alpha value is -1.29. The molecule has 4 heteroatoms. The molecule has 0 radical (unpaired) electrons. The highest BCUT2D eigenvalue weighted by Crippen LogP contribution is 2.24. The molecule has 74 valence electrons. The smallest absolute Gasteiger partial charge is 0.199 e. The van der Waals surface area contributed by atoms with Gasteiger partial charge in [-0.15, -0.1) is 0 Å². The van der Waals surface area contributed by atoms with E-state index in [0.717, 1.165) is 29.2 Å². The summed E-state index contributed by atoms with van der Waals surface area (Å²) in [4.78, 5) is 0. The lowest BCUT2D eigenvalue weighted by molar-refractivity contribution is 0.357. The Bertz CT molecular complexity index is 450. The van der Waals surface area contributed by atoms with Gasteiger partial charge in [-0.25, -0.2) is 8.42 Å². The average Bonchev–Trinajstić information content (AvgIpc) is 2.18. The number of ether oxygens (including phenoxy) is 1. The Kier molecular flexibility index (Phi) is 2.29. The van der Waals surface area contributed by atoms with E-state index in [4.69, 9.17) is 4.74 Å². The zero-order valence-corrected chi connectivity index (χ0v) is 8.33. The van der Waals surface area contributed by atoms with E-state index in [-0.39, 0.29) is 0 Å². The quantitative estimate of drug-likeness (QED) is 0.665. The monoisotopic (exact) mass is 210 g/mol. The molecule has 0 N–H and O–H groups in total. The molecule has 14 heavy (non-hydrogen) atoms. The van der Waals surface area contributed by atoms with Gasteiger partial charge in [-0.2, -0.15) is 0 Å². The maximum atomic E-state index is 11.2. The third kappa shape index (κ3) is 1.96. The van der Waals surface area contributed by atoms with E-state index in [1.54, 1.807) is 0 Å². The minimum absolute atomic E-state index is 0.442. The van der Waals surface area contributed by atoms with Crippen LogP contribution in [0.1, 0.15) is 12.8 Å². The Balaban J connectivity index is 2.32. The molecule has 0 bridgehead atoms. The summed E-state index contributed by atoms with van der Waals surface area (Å²) in [5.41, 5.74) is 0.931. The molecule has 3 nitrogen and oxygen atoms in total. The van der Waals surface area contributed by atoms with Crippen LogP contribution in [0.25, 0.3) is 0 Å². The largest absolute Gasteiger partial charge is 0.463 e. The van der Waals surface area contributed by atoms with Gasteiger partial charge in [-0.1, -0.05) is 18.2 Å². The van der Waals surface area contributed by atoms with Crippen LogP contribution in [0.5, 0.6) is 0 Å². The summed E-state index contributed by atoms with van der Waals surface area (Å²) >= 11 is 0. The first-order valence-electron chi connectivity index (χ1n) is 4.33. The molecule has 0 spiro atoms. The normalized spacial score (nSPS) is 23.7. The second kappa shape index (κ2) is 3.46. The number of rotatable bonds is 1. The Morgan fingerprint density at radius 3 is 2.86 bits per heavy atom. The minimum atomic E-state index is -3.21. The van der Waals surface area contributed by atoms with Crippen molar-refractivity contribution in [2.75, 3.05) is 0 Å². The van der Waals surface area contributed by atoms with Gasteiger partial charge in [0.2, 0.25) is 0 Å². The van der Waals surface area contributed by atoms with Crippen LogP contribution >= 0.6 is 0 Å². The van der Waals surface area contributed by atoms with E-state index in [2.05, 4.69) is 0 Å². The molecule has 0 saturated carbocycles. The van der Waals surface area contributed by atoms with Crippen LogP contribution in [-0.2, 0) is 14.6 Å². The van der Waals surface area contributed by atoms with Crippen LogP contribution in [-0.4, -0.2) is 8.42 Å². The third-order valence-electron chi connectivity index (χ3n) is 2.04. The van der Waals surface area contributed by atoms with Crippen LogP contribution in [0.15, 0.2) is 46.6 Å². The molecule has 0 aromatic rings. The summed E-state index contributed by atoms with van der Waals surface area (Å²) in [6.45, 7) is 0. The second-order valence-electron chi connectivity index (χ2n) is 3.12. The topological polar surface area (TPSA) is 43.4 Å². The van der Waals surface area contributed by atoms with Gasteiger partial charge in [-0.05, 0) is 18.4 Å². The summed E-state index contributed by atoms with van der Waals surface area (Å²) in [6.07, 6.45) is 8.79. The number of sulfone groups is 1. The molecule has 0 fully saturated rings. The zero-order chi connectivity index (χ0) is 10.0. The summed E-state index contributed by atoms with van der Waals surface area (Å²) in [7, 11) is -3.21. The van der Waals surface area contributed by atoms with Gasteiger partial charge in [0.25, 0.3) is 0 Å². The molecule has 1 aliphatic carbocycles. The van der Waals surface area contributed by atoms with Gasteiger partial charge in [0.05, 0.1) is 10.8 Å². The van der Waals surface area contributed by atoms with E-state index in [1.807, 2.05) is 18.2 Å². The highest BCUT2D eigenvalue weighted by molar-refractivity contribution is 7.97. The van der Waals surface area contributed by atoms with Crippen LogP contribution in [0, 0.1) is 0 Å². The first kappa shape index (κ1) is 9.27. The lowest BCUT2D eigenvalue weighted by Crippen LogP contribution is -2.03. The van der Waals surface area contributed by atoms with Gasteiger partial charge < -0.3 is 4.74 Å². The Morgan fingerprint density at radius 1 is 1.36 bits per heavy atom. The summed E-state index contributed by atoms with van der Waals surface area (Å²) < 4.78 is 27.6. The van der Waals surface area contributed by atoms with Crippen molar-refractivity contribution in [1.29, 1.82) is 0 Å². The molecule has 0 aromatic heterocycles. The van der Waals surface area contributed by atoms with Crippen molar-refractivity contribution in [3.8, 4) is 0 Å². The number of allylic oxidation sites excluding steroid dienone is 4. The molecule has 1 aliphatic heterocycles. The number of hydrogen-bond donors (Lipinski definition) is 0. The van der Waals surface area contributed by atoms with Crippen molar-refractivity contribution < 1.29 is 13.2 Å². The van der Waals surface area contributed by atoms with Crippen molar-refractivity contribution in [3.63, 3.8) is 0 Å². The first-order valence-corrected chi connectivity index (χ1v) is 5.94. The fourth-order valence-corrected chi connectivity index (χ4v) is 2.15. The fourth-order valence-electron chi connectivity index (χ4n) is 1.35. The molecule has 0 saturated heterocycles. The van der Waals surface area contributed by atoms with E-state index in [9.17, 15) is 8.42 Å². The summed E-state index contributed by atoms with van der Waals surface area (Å²) in [5, 5.41) is 2.22. The predicted molar refractivity (Wildman–Crippen MR) is 53.7 cm³/mol. The maximum Gasteiger partial charge on any atom is 0.199 e. The second-order valence-corrected chi connectivity index (χ2v) is 4.81. The zero-order valence-electron chi connectivity index (χ0n) is 7.51. The highest BCUT2D eigenvalue weighted by atomic mass is 32.2. The number of hydrogen-bond acceptors (Lipinski definition) is 3. The van der Waals surface area contributed by atoms with Crippen LogP contribution in [0.3, 0.4) is 0 Å². The standard InChI is InChI=1S/C10H10O3S/c11-14(12)7-6-13-10(8-14)9-4-2-1-3-5-9/h1-2,4,6-8H,3,5H2. The Labute approximate surface area is 83.0 Å². The van der Waals surface area contributed by atoms with Crippen molar-refractivity contribution in [3.05, 3.63) is 46.6 Å². The van der Waals surface area contributed by atoms with Gasteiger partial charge in [0.15, 0.2) is 9.84 Å². The van der Waals surface area contributed by atoms with E-state index < -0.39 is 9.84 Å². The molecule has 2 rings (SSSR count). The van der Waals surface area contributed by atoms with Crippen molar-refractivity contribution in [1.82, 2.24) is 0 Å². The molecular weight excluding hydrogens is 200 g/mol. The third-order valence-corrected chi connectivity index (χ3v) is 3.07. The van der Waals surface area contributed by atoms with E-state index >= 15 is 0 Å². The molecule has 1 heterocycles. The van der Waals surface area contributed by atoms with Crippen LogP contribution in [0.4, 0.5) is 0 Å². The lowest BCUT2D eigenvalue weighted by atomic mass is 10.0. The summed E-state index contributed by atoms with van der Waals surface area (Å²) in [5.74, 6) is 0.442. The SMILES string of the molecule is O=S1(=O)C=COC(C2=CC=CCC2)=C1. The van der Waals surface area contributed by atoms with Gasteiger partial charge >= 0.3 is 0 Å². The van der Waals surface area contributed by atoms with Crippen molar-refractivity contribution in [2.45, 2.75) is 12.8 Å². The van der Waals surface area contributed by atoms with Gasteiger partial charge in [0, 0.05) is 0 Å².